The van der Waals surface area contributed by atoms with E-state index in [0.717, 1.165) is 24.1 Å². The Morgan fingerprint density at radius 3 is 2.68 bits per heavy atom. The van der Waals surface area contributed by atoms with E-state index in [2.05, 4.69) is 42.8 Å². The molecule has 3 heteroatoms. The summed E-state index contributed by atoms with van der Waals surface area (Å²) >= 11 is 0. The minimum Gasteiger partial charge on any atom is -0.496 e. The molecule has 22 heavy (non-hydrogen) atoms. The van der Waals surface area contributed by atoms with Crippen LogP contribution < -0.4 is 4.74 Å². The first-order valence-electron chi connectivity index (χ1n) is 8.46. The first-order valence-corrected chi connectivity index (χ1v) is 8.46. The number of ether oxygens (including phenoxy) is 1. The van der Waals surface area contributed by atoms with Gasteiger partial charge < -0.3 is 9.72 Å². The maximum atomic E-state index is 5.66. The van der Waals surface area contributed by atoms with Crippen molar-refractivity contribution in [3.05, 3.63) is 29.5 Å². The van der Waals surface area contributed by atoms with Gasteiger partial charge in [0.25, 0.3) is 0 Å². The molecule has 1 aliphatic rings. The number of piperidine rings is 1. The van der Waals surface area contributed by atoms with Crippen LogP contribution in [0.1, 0.15) is 37.8 Å². The van der Waals surface area contributed by atoms with Gasteiger partial charge in [-0.25, -0.2) is 0 Å². The normalized spacial score (nSPS) is 17.5. The summed E-state index contributed by atoms with van der Waals surface area (Å²) in [5.41, 5.74) is 3.82. The standard InChI is InChI=1S/C19H28N2O/c1-13(2)15-6-9-21(10-7-15)12-17-16-5-8-20-19(16)14(3)11-18(17)22-4/h5,8,11,13,15,20H,6-7,9-10,12H2,1-4H3. The lowest BCUT2D eigenvalue weighted by Crippen LogP contribution is -2.34. The van der Waals surface area contributed by atoms with Crippen molar-refractivity contribution in [2.75, 3.05) is 20.2 Å². The molecule has 1 N–H and O–H groups in total. The predicted octanol–water partition coefficient (Wildman–Crippen LogP) is 4.35. The highest BCUT2D eigenvalue weighted by atomic mass is 16.5. The van der Waals surface area contributed by atoms with Gasteiger partial charge in [0.05, 0.1) is 7.11 Å². The Hall–Kier alpha value is -1.48. The van der Waals surface area contributed by atoms with Gasteiger partial charge in [-0.3, -0.25) is 4.90 Å². The van der Waals surface area contributed by atoms with Gasteiger partial charge in [-0.05, 0) is 62.4 Å². The summed E-state index contributed by atoms with van der Waals surface area (Å²) in [4.78, 5) is 5.95. The van der Waals surface area contributed by atoms with E-state index in [9.17, 15) is 0 Å². The fraction of sp³-hybridized carbons (Fsp3) is 0.579. The summed E-state index contributed by atoms with van der Waals surface area (Å²) in [6, 6.07) is 4.34. The smallest absolute Gasteiger partial charge is 0.124 e. The molecule has 0 unspecified atom stereocenters. The molecule has 1 fully saturated rings. The molecule has 0 radical (unpaired) electrons. The topological polar surface area (TPSA) is 28.3 Å². The molecule has 3 rings (SSSR count). The van der Waals surface area contributed by atoms with E-state index in [1.54, 1.807) is 7.11 Å². The van der Waals surface area contributed by atoms with Crippen molar-refractivity contribution >= 4 is 10.9 Å². The van der Waals surface area contributed by atoms with Crippen molar-refractivity contribution in [3.8, 4) is 5.75 Å². The fourth-order valence-electron chi connectivity index (χ4n) is 3.78. The van der Waals surface area contributed by atoms with Crippen LogP contribution in [0.5, 0.6) is 5.75 Å². The van der Waals surface area contributed by atoms with Crippen LogP contribution in [0.25, 0.3) is 10.9 Å². The number of rotatable bonds is 4. The fourth-order valence-corrected chi connectivity index (χ4v) is 3.78. The van der Waals surface area contributed by atoms with Crippen molar-refractivity contribution in [2.24, 2.45) is 11.8 Å². The van der Waals surface area contributed by atoms with Gasteiger partial charge in [0.1, 0.15) is 5.75 Å². The number of aryl methyl sites for hydroxylation is 1. The van der Waals surface area contributed by atoms with E-state index in [1.165, 1.54) is 48.0 Å². The molecule has 1 saturated heterocycles. The molecule has 0 amide bonds. The molecule has 1 aromatic heterocycles. The van der Waals surface area contributed by atoms with Crippen LogP contribution in [-0.2, 0) is 6.54 Å². The number of likely N-dealkylation sites (tertiary alicyclic amines) is 1. The zero-order chi connectivity index (χ0) is 15.7. The first kappa shape index (κ1) is 15.4. The Kier molecular flexibility index (Phi) is 4.44. The minimum atomic E-state index is 0.812. The van der Waals surface area contributed by atoms with E-state index < -0.39 is 0 Å². The lowest BCUT2D eigenvalue weighted by atomic mass is 9.86. The van der Waals surface area contributed by atoms with Crippen molar-refractivity contribution in [3.63, 3.8) is 0 Å². The van der Waals surface area contributed by atoms with Crippen LogP contribution >= 0.6 is 0 Å². The third kappa shape index (κ3) is 2.87. The van der Waals surface area contributed by atoms with Gasteiger partial charge in [-0.1, -0.05) is 13.8 Å². The Labute approximate surface area is 133 Å². The molecule has 0 aliphatic carbocycles. The quantitative estimate of drug-likeness (QED) is 0.909. The highest BCUT2D eigenvalue weighted by Crippen LogP contribution is 2.33. The van der Waals surface area contributed by atoms with Crippen molar-refractivity contribution < 1.29 is 4.74 Å². The molecule has 0 atom stereocenters. The van der Waals surface area contributed by atoms with Gasteiger partial charge in [-0.15, -0.1) is 0 Å². The average molecular weight is 300 g/mol. The molecule has 1 aromatic carbocycles. The summed E-state index contributed by atoms with van der Waals surface area (Å²) in [6.07, 6.45) is 4.68. The van der Waals surface area contributed by atoms with E-state index in [0.29, 0.717) is 0 Å². The summed E-state index contributed by atoms with van der Waals surface area (Å²) in [5.74, 6) is 2.73. The van der Waals surface area contributed by atoms with Crippen LogP contribution in [0.2, 0.25) is 0 Å². The second-order valence-electron chi connectivity index (χ2n) is 7.00. The number of hydrogen-bond acceptors (Lipinski definition) is 2. The number of benzene rings is 1. The van der Waals surface area contributed by atoms with E-state index in [1.807, 2.05) is 6.20 Å². The number of methoxy groups -OCH3 is 1. The van der Waals surface area contributed by atoms with Crippen LogP contribution in [0.15, 0.2) is 18.3 Å². The number of H-pyrrole nitrogens is 1. The Bertz CT molecular complexity index is 636. The molecule has 0 spiro atoms. The van der Waals surface area contributed by atoms with Gasteiger partial charge in [-0.2, -0.15) is 0 Å². The zero-order valence-electron chi connectivity index (χ0n) is 14.3. The zero-order valence-corrected chi connectivity index (χ0v) is 14.3. The van der Waals surface area contributed by atoms with Crippen molar-refractivity contribution in [1.29, 1.82) is 0 Å². The van der Waals surface area contributed by atoms with E-state index in [-0.39, 0.29) is 0 Å². The minimum absolute atomic E-state index is 0.812. The summed E-state index contributed by atoms with van der Waals surface area (Å²) < 4.78 is 5.66. The number of aromatic nitrogens is 1. The molecule has 3 nitrogen and oxygen atoms in total. The summed E-state index contributed by atoms with van der Waals surface area (Å²) in [5, 5.41) is 1.31. The molecular formula is C19H28N2O. The molecular weight excluding hydrogens is 272 g/mol. The number of aromatic amines is 1. The Morgan fingerprint density at radius 1 is 1.32 bits per heavy atom. The lowest BCUT2D eigenvalue weighted by molar-refractivity contribution is 0.151. The average Bonchev–Trinajstić information content (AvgIpc) is 3.00. The largest absolute Gasteiger partial charge is 0.496 e. The maximum Gasteiger partial charge on any atom is 0.124 e. The van der Waals surface area contributed by atoms with Crippen LogP contribution in [-0.4, -0.2) is 30.1 Å². The SMILES string of the molecule is COc1cc(C)c2[nH]ccc2c1CN1CCC(C(C)C)CC1. The number of nitrogens with one attached hydrogen (secondary N) is 1. The monoisotopic (exact) mass is 300 g/mol. The van der Waals surface area contributed by atoms with Crippen LogP contribution in [0, 0.1) is 18.8 Å². The second-order valence-corrected chi connectivity index (χ2v) is 7.00. The molecule has 2 aromatic rings. The molecule has 2 heterocycles. The van der Waals surface area contributed by atoms with Crippen molar-refractivity contribution in [1.82, 2.24) is 9.88 Å². The van der Waals surface area contributed by atoms with E-state index in [4.69, 9.17) is 4.74 Å². The Morgan fingerprint density at radius 2 is 2.05 bits per heavy atom. The lowest BCUT2D eigenvalue weighted by Gasteiger charge is -2.34. The second kappa shape index (κ2) is 6.33. The summed E-state index contributed by atoms with van der Waals surface area (Å²) in [6.45, 7) is 10.2. The molecule has 120 valence electrons. The number of fused-ring (bicyclic) bond motifs is 1. The van der Waals surface area contributed by atoms with Crippen LogP contribution in [0.4, 0.5) is 0 Å². The number of hydrogen-bond donors (Lipinski definition) is 1. The third-order valence-electron chi connectivity index (χ3n) is 5.29. The molecule has 0 saturated carbocycles. The Balaban J connectivity index is 1.82. The first-order chi connectivity index (χ1) is 10.6. The molecule has 0 bridgehead atoms. The van der Waals surface area contributed by atoms with E-state index >= 15 is 0 Å². The molecule has 1 aliphatic heterocycles. The third-order valence-corrected chi connectivity index (χ3v) is 5.29. The highest BCUT2D eigenvalue weighted by Gasteiger charge is 2.23. The van der Waals surface area contributed by atoms with Crippen LogP contribution in [0.3, 0.4) is 0 Å². The highest BCUT2D eigenvalue weighted by molar-refractivity contribution is 5.88. The van der Waals surface area contributed by atoms with Gasteiger partial charge >= 0.3 is 0 Å². The summed E-state index contributed by atoms with van der Waals surface area (Å²) in [7, 11) is 1.78. The predicted molar refractivity (Wildman–Crippen MR) is 92.4 cm³/mol. The number of nitrogens with zero attached hydrogens (tertiary/aromatic N) is 1. The van der Waals surface area contributed by atoms with Gasteiger partial charge in [0.2, 0.25) is 0 Å². The van der Waals surface area contributed by atoms with Gasteiger partial charge in [0, 0.05) is 29.2 Å². The van der Waals surface area contributed by atoms with Crippen molar-refractivity contribution in [2.45, 2.75) is 40.2 Å². The van der Waals surface area contributed by atoms with Gasteiger partial charge in [0.15, 0.2) is 0 Å². The maximum absolute atomic E-state index is 5.66.